The molecule has 0 atom stereocenters. The predicted molar refractivity (Wildman–Crippen MR) is 86.9 cm³/mol. The highest BCUT2D eigenvalue weighted by Crippen LogP contribution is 2.30. The maximum atomic E-state index is 10.2. The van der Waals surface area contributed by atoms with Gasteiger partial charge in [0.15, 0.2) is 5.96 Å². The molecular formula is C16H28N4O2. The Morgan fingerprint density at radius 1 is 1.27 bits per heavy atom. The Kier molecular flexibility index (Phi) is 5.83. The number of aliphatic hydroxyl groups is 1. The number of guanidine groups is 1. The number of aliphatic imine (C=N–C) groups is 1. The molecule has 1 aliphatic rings. The smallest absolute Gasteiger partial charge is 0.191 e. The van der Waals surface area contributed by atoms with Crippen molar-refractivity contribution in [3.63, 3.8) is 0 Å². The summed E-state index contributed by atoms with van der Waals surface area (Å²) in [6.07, 6.45) is 4.50. The standard InChI is InChI=1S/C16H28N4O2/c1-4-13-12(14(5-2)22-20-13)10-18-15(17-6-3)19-11-16(21)8-7-9-16/h21H,4-11H2,1-3H3,(H2,17,18,19). The van der Waals surface area contributed by atoms with Crippen LogP contribution in [0, 0.1) is 0 Å². The van der Waals surface area contributed by atoms with Crippen LogP contribution >= 0.6 is 0 Å². The molecule has 0 amide bonds. The molecule has 2 rings (SSSR count). The lowest BCUT2D eigenvalue weighted by atomic mass is 9.80. The molecule has 0 saturated heterocycles. The third-order valence-corrected chi connectivity index (χ3v) is 4.22. The van der Waals surface area contributed by atoms with Gasteiger partial charge in [-0.05, 0) is 32.6 Å². The van der Waals surface area contributed by atoms with Crippen LogP contribution in [0.25, 0.3) is 0 Å². The highest BCUT2D eigenvalue weighted by Gasteiger charge is 2.34. The van der Waals surface area contributed by atoms with E-state index in [1.54, 1.807) is 0 Å². The van der Waals surface area contributed by atoms with Crippen molar-refractivity contribution in [1.29, 1.82) is 0 Å². The van der Waals surface area contributed by atoms with Gasteiger partial charge >= 0.3 is 0 Å². The first kappa shape index (κ1) is 16.8. The zero-order valence-electron chi connectivity index (χ0n) is 13.9. The van der Waals surface area contributed by atoms with E-state index >= 15 is 0 Å². The summed E-state index contributed by atoms with van der Waals surface area (Å²) in [7, 11) is 0. The third-order valence-electron chi connectivity index (χ3n) is 4.22. The average Bonchev–Trinajstić information content (AvgIpc) is 2.90. The van der Waals surface area contributed by atoms with Crippen LogP contribution < -0.4 is 10.6 Å². The molecule has 3 N–H and O–H groups in total. The van der Waals surface area contributed by atoms with Crippen LogP contribution in [0.2, 0.25) is 0 Å². The molecule has 0 aromatic carbocycles. The highest BCUT2D eigenvalue weighted by molar-refractivity contribution is 5.79. The Morgan fingerprint density at radius 2 is 2.05 bits per heavy atom. The lowest BCUT2D eigenvalue weighted by molar-refractivity contribution is -0.0279. The molecule has 0 aliphatic heterocycles. The van der Waals surface area contributed by atoms with E-state index in [1.807, 2.05) is 6.92 Å². The lowest BCUT2D eigenvalue weighted by Crippen LogP contribution is -2.50. The fourth-order valence-corrected chi connectivity index (χ4v) is 2.63. The number of aromatic nitrogens is 1. The second-order valence-corrected chi connectivity index (χ2v) is 5.86. The van der Waals surface area contributed by atoms with Crippen molar-refractivity contribution < 1.29 is 9.63 Å². The van der Waals surface area contributed by atoms with Crippen molar-refractivity contribution in [2.45, 2.75) is 65.0 Å². The fourth-order valence-electron chi connectivity index (χ4n) is 2.63. The zero-order valence-corrected chi connectivity index (χ0v) is 13.9. The molecule has 6 heteroatoms. The SMILES string of the molecule is CCNC(=NCc1c(CC)noc1CC)NCC1(O)CCC1. The van der Waals surface area contributed by atoms with Gasteiger partial charge in [-0.25, -0.2) is 4.99 Å². The van der Waals surface area contributed by atoms with Gasteiger partial charge < -0.3 is 20.3 Å². The summed E-state index contributed by atoms with van der Waals surface area (Å²) in [5.74, 6) is 1.64. The van der Waals surface area contributed by atoms with Gasteiger partial charge in [-0.2, -0.15) is 0 Å². The molecule has 0 radical (unpaired) electrons. The zero-order chi connectivity index (χ0) is 16.0. The van der Waals surface area contributed by atoms with Crippen LogP contribution in [0.5, 0.6) is 0 Å². The minimum absolute atomic E-state index is 0.545. The molecule has 0 bridgehead atoms. The van der Waals surface area contributed by atoms with Gasteiger partial charge in [0.1, 0.15) is 5.76 Å². The lowest BCUT2D eigenvalue weighted by Gasteiger charge is -2.36. The van der Waals surface area contributed by atoms with Crippen molar-refractivity contribution in [3.05, 3.63) is 17.0 Å². The fraction of sp³-hybridized carbons (Fsp3) is 0.750. The van der Waals surface area contributed by atoms with Crippen LogP contribution in [0.4, 0.5) is 0 Å². The van der Waals surface area contributed by atoms with E-state index in [0.717, 1.165) is 61.6 Å². The first-order chi connectivity index (χ1) is 10.6. The van der Waals surface area contributed by atoms with Gasteiger partial charge in [0.2, 0.25) is 0 Å². The second kappa shape index (κ2) is 7.63. The monoisotopic (exact) mass is 308 g/mol. The van der Waals surface area contributed by atoms with Crippen LogP contribution in [0.3, 0.4) is 0 Å². The molecule has 22 heavy (non-hydrogen) atoms. The van der Waals surface area contributed by atoms with Crippen molar-refractivity contribution in [2.24, 2.45) is 4.99 Å². The first-order valence-corrected chi connectivity index (χ1v) is 8.32. The molecule has 124 valence electrons. The van der Waals surface area contributed by atoms with Gasteiger partial charge in [0.05, 0.1) is 17.8 Å². The molecule has 0 unspecified atom stereocenters. The van der Waals surface area contributed by atoms with Crippen LogP contribution in [-0.4, -0.2) is 34.9 Å². The molecule has 1 saturated carbocycles. The molecule has 1 fully saturated rings. The number of hydrogen-bond acceptors (Lipinski definition) is 4. The van der Waals surface area contributed by atoms with Crippen LogP contribution in [-0.2, 0) is 19.4 Å². The number of aryl methyl sites for hydroxylation is 2. The summed E-state index contributed by atoms with van der Waals surface area (Å²) in [5, 5.41) is 20.7. The number of nitrogens with one attached hydrogen (secondary N) is 2. The summed E-state index contributed by atoms with van der Waals surface area (Å²) in [4.78, 5) is 4.62. The van der Waals surface area contributed by atoms with Crippen molar-refractivity contribution in [2.75, 3.05) is 13.1 Å². The van der Waals surface area contributed by atoms with E-state index in [4.69, 9.17) is 4.52 Å². The Balaban J connectivity index is 2.01. The topological polar surface area (TPSA) is 82.7 Å². The number of nitrogens with zero attached hydrogens (tertiary/aromatic N) is 2. The van der Waals surface area contributed by atoms with E-state index in [-0.39, 0.29) is 0 Å². The van der Waals surface area contributed by atoms with Gasteiger partial charge in [0, 0.05) is 25.1 Å². The predicted octanol–water partition coefficient (Wildman–Crippen LogP) is 1.77. The van der Waals surface area contributed by atoms with E-state index < -0.39 is 5.60 Å². The van der Waals surface area contributed by atoms with Crippen molar-refractivity contribution >= 4 is 5.96 Å². The molecule has 1 aromatic rings. The molecule has 1 heterocycles. The number of hydrogen-bond donors (Lipinski definition) is 3. The van der Waals surface area contributed by atoms with E-state index in [9.17, 15) is 5.11 Å². The molecule has 0 spiro atoms. The molecule has 1 aliphatic carbocycles. The Bertz CT molecular complexity index is 485. The molecule has 1 aromatic heterocycles. The van der Waals surface area contributed by atoms with Crippen molar-refractivity contribution in [1.82, 2.24) is 15.8 Å². The van der Waals surface area contributed by atoms with Gasteiger partial charge in [0.25, 0.3) is 0 Å². The summed E-state index contributed by atoms with van der Waals surface area (Å²) >= 11 is 0. The Labute approximate surface area is 132 Å². The maximum absolute atomic E-state index is 10.2. The Morgan fingerprint density at radius 3 is 2.59 bits per heavy atom. The average molecular weight is 308 g/mol. The Hall–Kier alpha value is -1.56. The quantitative estimate of drug-likeness (QED) is 0.528. The molecular weight excluding hydrogens is 280 g/mol. The largest absolute Gasteiger partial charge is 0.388 e. The third kappa shape index (κ3) is 4.00. The first-order valence-electron chi connectivity index (χ1n) is 8.32. The molecule has 6 nitrogen and oxygen atoms in total. The van der Waals surface area contributed by atoms with Crippen molar-refractivity contribution in [3.8, 4) is 0 Å². The van der Waals surface area contributed by atoms with E-state index in [2.05, 4.69) is 34.6 Å². The van der Waals surface area contributed by atoms with E-state index in [0.29, 0.717) is 13.1 Å². The van der Waals surface area contributed by atoms with Gasteiger partial charge in [-0.15, -0.1) is 0 Å². The number of rotatable bonds is 7. The highest BCUT2D eigenvalue weighted by atomic mass is 16.5. The summed E-state index contributed by atoms with van der Waals surface area (Å²) in [5.41, 5.74) is 1.51. The van der Waals surface area contributed by atoms with Crippen LogP contribution in [0.1, 0.15) is 57.1 Å². The second-order valence-electron chi connectivity index (χ2n) is 5.86. The van der Waals surface area contributed by atoms with E-state index in [1.165, 1.54) is 0 Å². The summed E-state index contributed by atoms with van der Waals surface area (Å²) in [6, 6.07) is 0. The normalized spacial score (nSPS) is 17.2. The maximum Gasteiger partial charge on any atom is 0.191 e. The minimum atomic E-state index is -0.559. The summed E-state index contributed by atoms with van der Waals surface area (Å²) < 4.78 is 5.37. The van der Waals surface area contributed by atoms with Crippen LogP contribution in [0.15, 0.2) is 9.52 Å². The van der Waals surface area contributed by atoms with Gasteiger partial charge in [-0.3, -0.25) is 0 Å². The van der Waals surface area contributed by atoms with Gasteiger partial charge in [-0.1, -0.05) is 19.0 Å². The minimum Gasteiger partial charge on any atom is -0.388 e. The summed E-state index contributed by atoms with van der Waals surface area (Å²) in [6.45, 7) is 8.04.